The molecule has 50 valence electrons. The first kappa shape index (κ1) is 7.68. The third kappa shape index (κ3) is 3.28. The summed E-state index contributed by atoms with van der Waals surface area (Å²) in [5.41, 5.74) is -0.0119. The molecule has 0 aliphatic heterocycles. The predicted octanol–water partition coefficient (Wildman–Crippen LogP) is 0.148. The second kappa shape index (κ2) is 3.65. The summed E-state index contributed by atoms with van der Waals surface area (Å²) in [5.74, 6) is -1.10. The van der Waals surface area contributed by atoms with Crippen molar-refractivity contribution in [1.29, 1.82) is 0 Å². The number of hydrogen-bond acceptors (Lipinski definition) is 3. The Balaban J connectivity index is 3.83. The van der Waals surface area contributed by atoms with Crippen LogP contribution in [0.4, 0.5) is 0 Å². The SMILES string of the molecule is C/C(=C/OC=O)C(=O)O. The third-order valence-corrected chi connectivity index (χ3v) is 0.638. The molecule has 4 nitrogen and oxygen atoms in total. The highest BCUT2D eigenvalue weighted by Gasteiger charge is 1.97. The van der Waals surface area contributed by atoms with Crippen molar-refractivity contribution in [3.63, 3.8) is 0 Å². The number of hydrogen-bond donors (Lipinski definition) is 1. The normalized spacial score (nSPS) is 10.6. The van der Waals surface area contributed by atoms with Gasteiger partial charge in [-0.25, -0.2) is 4.79 Å². The number of carboxylic acids is 1. The molecule has 0 spiro atoms. The first-order chi connectivity index (χ1) is 4.18. The zero-order valence-corrected chi connectivity index (χ0v) is 4.83. The van der Waals surface area contributed by atoms with Crippen LogP contribution in [0, 0.1) is 0 Å². The van der Waals surface area contributed by atoms with Gasteiger partial charge >= 0.3 is 5.97 Å². The molecule has 0 fully saturated rings. The Morgan fingerprint density at radius 3 is 2.56 bits per heavy atom. The highest BCUT2D eigenvalue weighted by Crippen LogP contribution is 1.89. The summed E-state index contributed by atoms with van der Waals surface area (Å²) in [6.45, 7) is 1.48. The first-order valence-corrected chi connectivity index (χ1v) is 2.17. The van der Waals surface area contributed by atoms with E-state index in [0.29, 0.717) is 0 Å². The maximum absolute atomic E-state index is 9.94. The van der Waals surface area contributed by atoms with Crippen LogP contribution in [-0.4, -0.2) is 17.5 Å². The molecule has 9 heavy (non-hydrogen) atoms. The van der Waals surface area contributed by atoms with Gasteiger partial charge in [-0.1, -0.05) is 0 Å². The average molecular weight is 130 g/mol. The van der Waals surface area contributed by atoms with Crippen molar-refractivity contribution in [3.8, 4) is 0 Å². The van der Waals surface area contributed by atoms with E-state index >= 15 is 0 Å². The minimum Gasteiger partial charge on any atom is -0.478 e. The second-order valence-corrected chi connectivity index (χ2v) is 1.34. The number of carbonyl (C=O) groups is 2. The molecule has 0 aliphatic carbocycles. The lowest BCUT2D eigenvalue weighted by Gasteiger charge is -1.88. The molecule has 0 aromatic heterocycles. The molecule has 0 radical (unpaired) electrons. The highest BCUT2D eigenvalue weighted by atomic mass is 16.5. The minimum atomic E-state index is -1.10. The standard InChI is InChI=1S/C5H6O4/c1-4(5(7)8)2-9-3-6/h2-3H,1H3,(H,7,8)/b4-2-. The van der Waals surface area contributed by atoms with Crippen LogP contribution in [0.2, 0.25) is 0 Å². The Labute approximate surface area is 51.7 Å². The van der Waals surface area contributed by atoms with Crippen molar-refractivity contribution >= 4 is 12.4 Å². The van der Waals surface area contributed by atoms with E-state index in [1.165, 1.54) is 6.92 Å². The van der Waals surface area contributed by atoms with Crippen LogP contribution >= 0.6 is 0 Å². The van der Waals surface area contributed by atoms with E-state index in [-0.39, 0.29) is 12.0 Å². The lowest BCUT2D eigenvalue weighted by molar-refractivity contribution is -0.132. The number of rotatable bonds is 3. The molecule has 0 amide bonds. The smallest absolute Gasteiger partial charge is 0.334 e. The number of aliphatic carboxylic acids is 1. The van der Waals surface area contributed by atoms with Crippen LogP contribution in [0.1, 0.15) is 6.92 Å². The fourth-order valence-electron chi connectivity index (χ4n) is 0.180. The molecule has 0 saturated carbocycles. The van der Waals surface area contributed by atoms with Crippen LogP contribution in [-0.2, 0) is 14.3 Å². The van der Waals surface area contributed by atoms with Crippen LogP contribution in [0.3, 0.4) is 0 Å². The number of carboxylic acid groups (broad SMARTS) is 1. The van der Waals surface area contributed by atoms with E-state index in [2.05, 4.69) is 4.74 Å². The molecule has 0 unspecified atom stereocenters. The first-order valence-electron chi connectivity index (χ1n) is 2.17. The van der Waals surface area contributed by atoms with Gasteiger partial charge in [-0.05, 0) is 6.92 Å². The predicted molar refractivity (Wildman–Crippen MR) is 28.5 cm³/mol. The third-order valence-electron chi connectivity index (χ3n) is 0.638. The Morgan fingerprint density at radius 2 is 2.22 bits per heavy atom. The van der Waals surface area contributed by atoms with Gasteiger partial charge in [0.05, 0.1) is 5.57 Å². The van der Waals surface area contributed by atoms with Gasteiger partial charge < -0.3 is 9.84 Å². The van der Waals surface area contributed by atoms with E-state index in [9.17, 15) is 9.59 Å². The summed E-state index contributed by atoms with van der Waals surface area (Å²) >= 11 is 0. The van der Waals surface area contributed by atoms with Gasteiger partial charge in [0.2, 0.25) is 0 Å². The van der Waals surface area contributed by atoms with Gasteiger partial charge in [0.25, 0.3) is 6.47 Å². The van der Waals surface area contributed by atoms with Crippen LogP contribution < -0.4 is 0 Å². The van der Waals surface area contributed by atoms with Crippen LogP contribution in [0.5, 0.6) is 0 Å². The number of carbonyl (C=O) groups excluding carboxylic acids is 1. The number of ether oxygens (including phenoxy) is 1. The van der Waals surface area contributed by atoms with Crippen molar-refractivity contribution in [2.75, 3.05) is 0 Å². The summed E-state index contributed by atoms with van der Waals surface area (Å²) in [5, 5.41) is 8.14. The van der Waals surface area contributed by atoms with E-state index in [0.717, 1.165) is 6.26 Å². The summed E-state index contributed by atoms with van der Waals surface area (Å²) in [6, 6.07) is 0. The van der Waals surface area contributed by atoms with Crippen LogP contribution in [0.15, 0.2) is 11.8 Å². The monoisotopic (exact) mass is 130 g/mol. The summed E-state index contributed by atoms with van der Waals surface area (Å²) in [4.78, 5) is 19.4. The summed E-state index contributed by atoms with van der Waals surface area (Å²) < 4.78 is 4.03. The highest BCUT2D eigenvalue weighted by molar-refractivity contribution is 5.85. The van der Waals surface area contributed by atoms with E-state index in [1.807, 2.05) is 0 Å². The fraction of sp³-hybridized carbons (Fsp3) is 0.200. The maximum atomic E-state index is 9.94. The summed E-state index contributed by atoms with van der Waals surface area (Å²) in [6.07, 6.45) is 0.870. The maximum Gasteiger partial charge on any atom is 0.334 e. The van der Waals surface area contributed by atoms with Crippen LogP contribution in [0.25, 0.3) is 0 Å². The molecule has 0 aromatic carbocycles. The summed E-state index contributed by atoms with van der Waals surface area (Å²) in [7, 11) is 0. The quantitative estimate of drug-likeness (QED) is 0.335. The lowest BCUT2D eigenvalue weighted by atomic mass is 10.4. The van der Waals surface area contributed by atoms with Gasteiger partial charge in [-0.3, -0.25) is 4.79 Å². The van der Waals surface area contributed by atoms with E-state index in [1.54, 1.807) is 0 Å². The molecule has 4 heteroatoms. The van der Waals surface area contributed by atoms with E-state index in [4.69, 9.17) is 5.11 Å². The second-order valence-electron chi connectivity index (χ2n) is 1.34. The molecule has 0 atom stereocenters. The molecular formula is C5H6O4. The molecule has 1 N–H and O–H groups in total. The zero-order chi connectivity index (χ0) is 7.28. The van der Waals surface area contributed by atoms with Crippen molar-refractivity contribution in [1.82, 2.24) is 0 Å². The molecule has 0 rings (SSSR count). The van der Waals surface area contributed by atoms with Gasteiger partial charge in [-0.2, -0.15) is 0 Å². The van der Waals surface area contributed by atoms with Crippen molar-refractivity contribution in [3.05, 3.63) is 11.8 Å². The molecular weight excluding hydrogens is 124 g/mol. The van der Waals surface area contributed by atoms with Crippen molar-refractivity contribution in [2.45, 2.75) is 6.92 Å². The Kier molecular flexibility index (Phi) is 3.12. The molecule has 0 saturated heterocycles. The van der Waals surface area contributed by atoms with Crippen molar-refractivity contribution in [2.24, 2.45) is 0 Å². The van der Waals surface area contributed by atoms with Crippen molar-refractivity contribution < 1.29 is 19.4 Å². The zero-order valence-electron chi connectivity index (χ0n) is 4.83. The van der Waals surface area contributed by atoms with Gasteiger partial charge in [0.1, 0.15) is 6.26 Å². The Morgan fingerprint density at radius 1 is 1.67 bits per heavy atom. The Hall–Kier alpha value is -1.32. The van der Waals surface area contributed by atoms with Gasteiger partial charge in [0, 0.05) is 0 Å². The fourth-order valence-corrected chi connectivity index (χ4v) is 0.180. The molecule has 0 aliphatic rings. The molecule has 0 aromatic rings. The lowest BCUT2D eigenvalue weighted by Crippen LogP contribution is -1.96. The van der Waals surface area contributed by atoms with E-state index < -0.39 is 5.97 Å². The Bertz CT molecular complexity index is 147. The molecule has 0 bridgehead atoms. The van der Waals surface area contributed by atoms with Gasteiger partial charge in [-0.15, -0.1) is 0 Å². The molecule has 0 heterocycles. The topological polar surface area (TPSA) is 63.6 Å². The van der Waals surface area contributed by atoms with Gasteiger partial charge in [0.15, 0.2) is 0 Å². The largest absolute Gasteiger partial charge is 0.478 e. The average Bonchev–Trinajstić information content (AvgIpc) is 1.82. The minimum absolute atomic E-state index is 0.0119.